The molecule has 0 aromatic carbocycles. The van der Waals surface area contributed by atoms with Crippen LogP contribution in [0.3, 0.4) is 0 Å². The van der Waals surface area contributed by atoms with Gasteiger partial charge in [-0.1, -0.05) is 0 Å². The van der Waals surface area contributed by atoms with Crippen molar-refractivity contribution in [3.05, 3.63) is 17.5 Å². The molecule has 7 nitrogen and oxygen atoms in total. The van der Waals surface area contributed by atoms with Crippen LogP contribution in [0.15, 0.2) is 6.20 Å². The van der Waals surface area contributed by atoms with Crippen LogP contribution >= 0.6 is 0 Å². The molecule has 1 amide bonds. The Kier molecular flexibility index (Phi) is 6.01. The maximum Gasteiger partial charge on any atom is 0.341 e. The summed E-state index contributed by atoms with van der Waals surface area (Å²) in [5.74, 6) is -0.401. The third kappa shape index (κ3) is 4.36. The fourth-order valence-electron chi connectivity index (χ4n) is 1.59. The Balaban J connectivity index is 2.55. The molecule has 0 aliphatic carbocycles. The summed E-state index contributed by atoms with van der Waals surface area (Å²) in [5.41, 5.74) is 1.20. The molecular weight excluding hydrogens is 248 g/mol. The predicted molar refractivity (Wildman–Crippen MR) is 69.6 cm³/mol. The molecule has 2 N–H and O–H groups in total. The fourth-order valence-corrected chi connectivity index (χ4v) is 1.59. The van der Waals surface area contributed by atoms with Gasteiger partial charge in [-0.15, -0.1) is 0 Å². The van der Waals surface area contributed by atoms with Crippen molar-refractivity contribution in [2.24, 2.45) is 7.05 Å². The number of nitrogens with zero attached hydrogens (tertiary/aromatic N) is 2. The van der Waals surface area contributed by atoms with E-state index in [1.54, 1.807) is 25.7 Å². The van der Waals surface area contributed by atoms with Gasteiger partial charge in [-0.05, 0) is 6.92 Å². The number of aromatic nitrogens is 2. The lowest BCUT2D eigenvalue weighted by atomic mass is 10.2. The smallest absolute Gasteiger partial charge is 0.341 e. The summed E-state index contributed by atoms with van der Waals surface area (Å²) in [6.07, 6.45) is 1.89. The number of aryl methyl sites for hydroxylation is 1. The Labute approximate surface area is 112 Å². The summed E-state index contributed by atoms with van der Waals surface area (Å²) in [4.78, 5) is 22.8. The molecule has 106 valence electrons. The molecule has 1 aromatic heterocycles. The van der Waals surface area contributed by atoms with E-state index < -0.39 is 0 Å². The maximum atomic E-state index is 11.7. The number of esters is 1. The van der Waals surface area contributed by atoms with Crippen molar-refractivity contribution < 1.29 is 14.3 Å². The molecule has 0 saturated carbocycles. The summed E-state index contributed by atoms with van der Waals surface area (Å²) in [6.45, 7) is 3.08. The Morgan fingerprint density at radius 3 is 2.84 bits per heavy atom. The molecular formula is C12H20N4O3. The number of ether oxygens (including phenoxy) is 1. The minimum Gasteiger partial charge on any atom is -0.462 e. The van der Waals surface area contributed by atoms with Crippen molar-refractivity contribution in [3.8, 4) is 0 Å². The number of nitrogens with one attached hydrogen (secondary N) is 2. The number of hydrogen-bond donors (Lipinski definition) is 2. The second kappa shape index (κ2) is 7.52. The molecule has 1 aromatic rings. The van der Waals surface area contributed by atoms with Crippen LogP contribution in [0.4, 0.5) is 0 Å². The summed E-state index contributed by atoms with van der Waals surface area (Å²) in [5, 5.41) is 9.69. The fraction of sp³-hybridized carbons (Fsp3) is 0.583. The van der Waals surface area contributed by atoms with E-state index in [1.807, 2.05) is 0 Å². The zero-order valence-electron chi connectivity index (χ0n) is 11.5. The molecule has 0 spiro atoms. The molecule has 0 atom stereocenters. The van der Waals surface area contributed by atoms with Gasteiger partial charge in [0.05, 0.1) is 18.5 Å². The molecule has 19 heavy (non-hydrogen) atoms. The van der Waals surface area contributed by atoms with E-state index >= 15 is 0 Å². The van der Waals surface area contributed by atoms with Gasteiger partial charge in [-0.2, -0.15) is 5.10 Å². The molecule has 0 aliphatic rings. The number of hydrogen-bond acceptors (Lipinski definition) is 5. The summed E-state index contributed by atoms with van der Waals surface area (Å²) in [6, 6.07) is 0. The summed E-state index contributed by atoms with van der Waals surface area (Å²) >= 11 is 0. The highest BCUT2D eigenvalue weighted by molar-refractivity contribution is 5.90. The van der Waals surface area contributed by atoms with Crippen molar-refractivity contribution in [2.75, 3.05) is 20.2 Å². The van der Waals surface area contributed by atoms with E-state index in [9.17, 15) is 9.59 Å². The molecule has 1 rings (SSSR count). The predicted octanol–water partition coefficient (Wildman–Crippen LogP) is -0.177. The summed E-state index contributed by atoms with van der Waals surface area (Å²) < 4.78 is 6.58. The van der Waals surface area contributed by atoms with Crippen LogP contribution in [0.1, 0.15) is 29.4 Å². The number of amides is 1. The van der Waals surface area contributed by atoms with E-state index in [4.69, 9.17) is 4.74 Å². The molecule has 0 aliphatic heterocycles. The maximum absolute atomic E-state index is 11.7. The topological polar surface area (TPSA) is 85.2 Å². The lowest BCUT2D eigenvalue weighted by molar-refractivity contribution is -0.120. The highest BCUT2D eigenvalue weighted by Crippen LogP contribution is 2.09. The van der Waals surface area contributed by atoms with E-state index in [2.05, 4.69) is 15.7 Å². The van der Waals surface area contributed by atoms with Crippen molar-refractivity contribution in [2.45, 2.75) is 19.9 Å². The minimum absolute atomic E-state index is 0.0249. The zero-order chi connectivity index (χ0) is 14.3. The van der Waals surface area contributed by atoms with Crippen molar-refractivity contribution in [1.29, 1.82) is 0 Å². The van der Waals surface area contributed by atoms with Gasteiger partial charge < -0.3 is 15.4 Å². The standard InChI is InChI=1S/C12H20N4O3/c1-4-19-12(18)9-7-15-16(3)10(9)8-14-6-5-11(17)13-2/h7,14H,4-6,8H2,1-3H3,(H,13,17). The van der Waals surface area contributed by atoms with E-state index in [1.165, 1.54) is 6.20 Å². The van der Waals surface area contributed by atoms with Gasteiger partial charge in [0.1, 0.15) is 5.56 Å². The van der Waals surface area contributed by atoms with Crippen LogP contribution in [0.2, 0.25) is 0 Å². The Morgan fingerprint density at radius 1 is 1.47 bits per heavy atom. The molecule has 0 unspecified atom stereocenters. The van der Waals surface area contributed by atoms with Crippen molar-refractivity contribution >= 4 is 11.9 Å². The van der Waals surface area contributed by atoms with Crippen LogP contribution < -0.4 is 10.6 Å². The van der Waals surface area contributed by atoms with Gasteiger partial charge in [-0.25, -0.2) is 4.79 Å². The van der Waals surface area contributed by atoms with Gasteiger partial charge in [-0.3, -0.25) is 9.48 Å². The second-order valence-corrected chi connectivity index (χ2v) is 3.95. The van der Waals surface area contributed by atoms with E-state index in [-0.39, 0.29) is 11.9 Å². The molecule has 0 radical (unpaired) electrons. The first kappa shape index (κ1) is 15.2. The van der Waals surface area contributed by atoms with Crippen LogP contribution in [-0.4, -0.2) is 41.9 Å². The van der Waals surface area contributed by atoms with Gasteiger partial charge in [0.2, 0.25) is 5.91 Å². The molecule has 0 saturated heterocycles. The van der Waals surface area contributed by atoms with Gasteiger partial charge in [0.25, 0.3) is 0 Å². The normalized spacial score (nSPS) is 10.3. The second-order valence-electron chi connectivity index (χ2n) is 3.95. The summed E-state index contributed by atoms with van der Waals surface area (Å²) in [7, 11) is 3.36. The van der Waals surface area contributed by atoms with Crippen molar-refractivity contribution in [3.63, 3.8) is 0 Å². The van der Waals surface area contributed by atoms with Crippen molar-refractivity contribution in [1.82, 2.24) is 20.4 Å². The third-order valence-electron chi connectivity index (χ3n) is 2.66. The molecule has 7 heteroatoms. The molecule has 0 bridgehead atoms. The Hall–Kier alpha value is -1.89. The van der Waals surface area contributed by atoms with Crippen LogP contribution in [-0.2, 0) is 23.1 Å². The highest BCUT2D eigenvalue weighted by atomic mass is 16.5. The Bertz CT molecular complexity index is 442. The number of carbonyl (C=O) groups excluding carboxylic acids is 2. The first-order chi connectivity index (χ1) is 9.10. The average molecular weight is 268 g/mol. The number of carbonyl (C=O) groups is 2. The van der Waals surface area contributed by atoms with Gasteiger partial charge in [0, 0.05) is 33.6 Å². The largest absolute Gasteiger partial charge is 0.462 e. The Morgan fingerprint density at radius 2 is 2.21 bits per heavy atom. The van der Waals surface area contributed by atoms with Crippen LogP contribution in [0.5, 0.6) is 0 Å². The minimum atomic E-state index is -0.376. The quantitative estimate of drug-likeness (QED) is 0.529. The van der Waals surface area contributed by atoms with Crippen LogP contribution in [0, 0.1) is 0 Å². The highest BCUT2D eigenvalue weighted by Gasteiger charge is 2.16. The lowest BCUT2D eigenvalue weighted by Gasteiger charge is -2.07. The van der Waals surface area contributed by atoms with E-state index in [0.717, 1.165) is 5.69 Å². The molecule has 1 heterocycles. The first-order valence-corrected chi connectivity index (χ1v) is 6.19. The van der Waals surface area contributed by atoms with Gasteiger partial charge >= 0.3 is 5.97 Å². The van der Waals surface area contributed by atoms with Crippen LogP contribution in [0.25, 0.3) is 0 Å². The first-order valence-electron chi connectivity index (χ1n) is 6.19. The number of rotatable bonds is 7. The van der Waals surface area contributed by atoms with Gasteiger partial charge in [0.15, 0.2) is 0 Å². The lowest BCUT2D eigenvalue weighted by Crippen LogP contribution is -2.25. The van der Waals surface area contributed by atoms with E-state index in [0.29, 0.717) is 31.7 Å². The monoisotopic (exact) mass is 268 g/mol. The average Bonchev–Trinajstić information content (AvgIpc) is 2.76. The SMILES string of the molecule is CCOC(=O)c1cnn(C)c1CNCCC(=O)NC. The zero-order valence-corrected chi connectivity index (χ0v) is 11.5. The molecule has 0 fully saturated rings. The third-order valence-corrected chi connectivity index (χ3v) is 2.66.